The van der Waals surface area contributed by atoms with E-state index in [-0.39, 0.29) is 17.0 Å². The Labute approximate surface area is 122 Å². The van der Waals surface area contributed by atoms with Crippen LogP contribution >= 0.6 is 0 Å². The van der Waals surface area contributed by atoms with Crippen molar-refractivity contribution in [3.05, 3.63) is 57.5 Å². The van der Waals surface area contributed by atoms with E-state index in [4.69, 9.17) is 4.42 Å². The number of nitro benzene ring substituents is 1. The normalized spacial score (nSPS) is 10.4. The predicted molar refractivity (Wildman–Crippen MR) is 78.7 cm³/mol. The monoisotopic (exact) mass is 288 g/mol. The van der Waals surface area contributed by atoms with Crippen molar-refractivity contribution >= 4 is 17.2 Å². The Kier molecular flexibility index (Phi) is 4.07. The molecule has 0 unspecified atom stereocenters. The maximum absolute atomic E-state index is 11.6. The van der Waals surface area contributed by atoms with E-state index in [1.165, 1.54) is 19.1 Å². The molecule has 0 aliphatic heterocycles. The molecule has 6 nitrogen and oxygen atoms in total. The molecule has 0 saturated carbocycles. The molecular formula is C15H16N2O4. The number of hydrogen-bond acceptors (Lipinski definition) is 5. The smallest absolute Gasteiger partial charge is 0.280 e. The lowest BCUT2D eigenvalue weighted by Crippen LogP contribution is -2.16. The van der Waals surface area contributed by atoms with Gasteiger partial charge in [-0.15, -0.1) is 0 Å². The summed E-state index contributed by atoms with van der Waals surface area (Å²) in [6, 6.07) is 8.27. The standard InChI is InChI=1S/C15H16N2O4/c1-10-4-6-13(21-10)9-16(3)12-5-7-15(17(19)20)14(8-12)11(2)18/h4-8H,9H2,1-3H3. The minimum Gasteiger partial charge on any atom is -0.464 e. The highest BCUT2D eigenvalue weighted by Crippen LogP contribution is 2.26. The fraction of sp³-hybridized carbons (Fsp3) is 0.267. The van der Waals surface area contributed by atoms with Gasteiger partial charge < -0.3 is 9.32 Å². The number of rotatable bonds is 5. The van der Waals surface area contributed by atoms with Gasteiger partial charge in [0.1, 0.15) is 11.5 Å². The van der Waals surface area contributed by atoms with Crippen molar-refractivity contribution in [2.75, 3.05) is 11.9 Å². The molecule has 1 aromatic heterocycles. The van der Waals surface area contributed by atoms with Crippen LogP contribution in [0.25, 0.3) is 0 Å². The van der Waals surface area contributed by atoms with Crippen molar-refractivity contribution in [2.45, 2.75) is 20.4 Å². The largest absolute Gasteiger partial charge is 0.464 e. The first-order chi connectivity index (χ1) is 9.88. The lowest BCUT2D eigenvalue weighted by atomic mass is 10.1. The topological polar surface area (TPSA) is 76.6 Å². The van der Waals surface area contributed by atoms with E-state index in [0.29, 0.717) is 6.54 Å². The van der Waals surface area contributed by atoms with E-state index >= 15 is 0 Å². The number of ketones is 1. The Bertz CT molecular complexity index is 691. The van der Waals surface area contributed by atoms with Gasteiger partial charge in [-0.25, -0.2) is 0 Å². The van der Waals surface area contributed by atoms with Crippen molar-refractivity contribution in [2.24, 2.45) is 0 Å². The second-order valence-corrected chi connectivity index (χ2v) is 4.88. The van der Waals surface area contributed by atoms with Crippen LogP contribution in [0.1, 0.15) is 28.8 Å². The van der Waals surface area contributed by atoms with Gasteiger partial charge >= 0.3 is 0 Å². The molecule has 0 atom stereocenters. The number of benzene rings is 1. The number of nitro groups is 1. The van der Waals surface area contributed by atoms with Gasteiger partial charge in [-0.3, -0.25) is 14.9 Å². The highest BCUT2D eigenvalue weighted by Gasteiger charge is 2.19. The Hall–Kier alpha value is -2.63. The number of anilines is 1. The molecule has 2 rings (SSSR count). The van der Waals surface area contributed by atoms with Crippen LogP contribution in [-0.2, 0) is 6.54 Å². The van der Waals surface area contributed by atoms with Gasteiger partial charge in [-0.05, 0) is 38.1 Å². The number of carbonyl (C=O) groups is 1. The van der Waals surface area contributed by atoms with Gasteiger partial charge in [0.05, 0.1) is 17.0 Å². The summed E-state index contributed by atoms with van der Waals surface area (Å²) in [6.07, 6.45) is 0. The van der Waals surface area contributed by atoms with Crippen LogP contribution < -0.4 is 4.90 Å². The van der Waals surface area contributed by atoms with Crippen molar-refractivity contribution < 1.29 is 14.1 Å². The molecular weight excluding hydrogens is 272 g/mol. The Morgan fingerprint density at radius 1 is 1.33 bits per heavy atom. The molecule has 110 valence electrons. The number of hydrogen-bond donors (Lipinski definition) is 0. The molecule has 0 amide bonds. The van der Waals surface area contributed by atoms with E-state index in [0.717, 1.165) is 17.2 Å². The van der Waals surface area contributed by atoms with Crippen LogP contribution in [0.2, 0.25) is 0 Å². The summed E-state index contributed by atoms with van der Waals surface area (Å²) >= 11 is 0. The first-order valence-corrected chi connectivity index (χ1v) is 6.44. The Morgan fingerprint density at radius 2 is 2.05 bits per heavy atom. The van der Waals surface area contributed by atoms with Crippen molar-refractivity contribution in [3.63, 3.8) is 0 Å². The van der Waals surface area contributed by atoms with Gasteiger partial charge in [-0.1, -0.05) is 0 Å². The predicted octanol–water partition coefficient (Wildman–Crippen LogP) is 3.34. The summed E-state index contributed by atoms with van der Waals surface area (Å²) in [6.45, 7) is 3.70. The second-order valence-electron chi connectivity index (χ2n) is 4.88. The van der Waals surface area contributed by atoms with Crippen LogP contribution in [0.4, 0.5) is 11.4 Å². The summed E-state index contributed by atoms with van der Waals surface area (Å²) in [4.78, 5) is 23.8. The molecule has 0 saturated heterocycles. The molecule has 1 aromatic carbocycles. The molecule has 0 spiro atoms. The van der Waals surface area contributed by atoms with Crippen molar-refractivity contribution in [3.8, 4) is 0 Å². The fourth-order valence-corrected chi connectivity index (χ4v) is 2.10. The molecule has 21 heavy (non-hydrogen) atoms. The number of furan rings is 1. The van der Waals surface area contributed by atoms with Crippen LogP contribution in [0.3, 0.4) is 0 Å². The Balaban J connectivity index is 2.29. The minimum absolute atomic E-state index is 0.111. The van der Waals surface area contributed by atoms with Gasteiger partial charge in [0.15, 0.2) is 5.78 Å². The van der Waals surface area contributed by atoms with Crippen molar-refractivity contribution in [1.29, 1.82) is 0 Å². The van der Waals surface area contributed by atoms with E-state index in [1.54, 1.807) is 6.07 Å². The molecule has 0 fully saturated rings. The lowest BCUT2D eigenvalue weighted by Gasteiger charge is -2.18. The van der Waals surface area contributed by atoms with Crippen LogP contribution in [-0.4, -0.2) is 17.8 Å². The molecule has 0 N–H and O–H groups in total. The summed E-state index contributed by atoms with van der Waals surface area (Å²) < 4.78 is 5.50. The van der Waals surface area contributed by atoms with Gasteiger partial charge in [0.2, 0.25) is 0 Å². The molecule has 6 heteroatoms. The summed E-state index contributed by atoms with van der Waals surface area (Å²) in [5.41, 5.74) is 0.660. The maximum Gasteiger partial charge on any atom is 0.280 e. The lowest BCUT2D eigenvalue weighted by molar-refractivity contribution is -0.385. The third-order valence-electron chi connectivity index (χ3n) is 3.19. The average molecular weight is 288 g/mol. The first-order valence-electron chi connectivity index (χ1n) is 6.44. The highest BCUT2D eigenvalue weighted by molar-refractivity contribution is 5.99. The quantitative estimate of drug-likeness (QED) is 0.479. The second kappa shape index (κ2) is 5.78. The molecule has 1 heterocycles. The zero-order valence-electron chi connectivity index (χ0n) is 12.1. The minimum atomic E-state index is -0.545. The van der Waals surface area contributed by atoms with Gasteiger partial charge in [0.25, 0.3) is 5.69 Å². The third kappa shape index (κ3) is 3.28. The van der Waals surface area contributed by atoms with E-state index in [9.17, 15) is 14.9 Å². The first kappa shape index (κ1) is 14.8. The van der Waals surface area contributed by atoms with Crippen LogP contribution in [0, 0.1) is 17.0 Å². The number of carbonyl (C=O) groups excluding carboxylic acids is 1. The molecule has 0 aliphatic carbocycles. The van der Waals surface area contributed by atoms with E-state index < -0.39 is 4.92 Å². The number of aryl methyl sites for hydroxylation is 1. The van der Waals surface area contributed by atoms with Crippen molar-refractivity contribution in [1.82, 2.24) is 0 Å². The van der Waals surface area contributed by atoms with Crippen LogP contribution in [0.15, 0.2) is 34.7 Å². The van der Waals surface area contributed by atoms with Crippen LogP contribution in [0.5, 0.6) is 0 Å². The zero-order valence-corrected chi connectivity index (χ0v) is 12.1. The van der Waals surface area contributed by atoms with E-state index in [1.807, 2.05) is 31.0 Å². The molecule has 0 aliphatic rings. The molecule has 0 radical (unpaired) electrons. The van der Waals surface area contributed by atoms with Gasteiger partial charge in [-0.2, -0.15) is 0 Å². The number of Topliss-reactive ketones (excluding diaryl/α,β-unsaturated/α-hetero) is 1. The number of nitrogens with zero attached hydrogens (tertiary/aromatic N) is 2. The Morgan fingerprint density at radius 3 is 2.57 bits per heavy atom. The molecule has 0 bridgehead atoms. The summed E-state index contributed by atoms with van der Waals surface area (Å²) in [7, 11) is 1.84. The van der Waals surface area contributed by atoms with Gasteiger partial charge in [0, 0.05) is 18.8 Å². The zero-order chi connectivity index (χ0) is 15.6. The summed E-state index contributed by atoms with van der Waals surface area (Å²) in [5.74, 6) is 1.29. The SMILES string of the molecule is CC(=O)c1cc(N(C)Cc2ccc(C)o2)ccc1[N+](=O)[O-]. The molecule has 2 aromatic rings. The fourth-order valence-electron chi connectivity index (χ4n) is 2.10. The van der Waals surface area contributed by atoms with E-state index in [2.05, 4.69) is 0 Å². The third-order valence-corrected chi connectivity index (χ3v) is 3.19. The summed E-state index contributed by atoms with van der Waals surface area (Å²) in [5, 5.41) is 10.9. The highest BCUT2D eigenvalue weighted by atomic mass is 16.6. The maximum atomic E-state index is 11.6. The average Bonchev–Trinajstić information content (AvgIpc) is 2.83.